The third-order valence-electron chi connectivity index (χ3n) is 2.83. The number of carbonyl (C=O) groups is 3. The second kappa shape index (κ2) is 4.81. The van der Waals surface area contributed by atoms with Crippen LogP contribution in [0.3, 0.4) is 0 Å². The molecular formula is C10H17N3O5. The van der Waals surface area contributed by atoms with Crippen LogP contribution in [0.25, 0.3) is 0 Å². The molecule has 1 aliphatic heterocycles. The summed E-state index contributed by atoms with van der Waals surface area (Å²) in [6, 6.07) is -0.772. The van der Waals surface area contributed by atoms with Crippen LogP contribution < -0.4 is 16.4 Å². The molecule has 1 unspecified atom stereocenters. The predicted octanol–water partition coefficient (Wildman–Crippen LogP) is -1.21. The van der Waals surface area contributed by atoms with E-state index in [-0.39, 0.29) is 19.6 Å². The lowest BCUT2D eigenvalue weighted by Crippen LogP contribution is -2.62. The number of ether oxygens (including phenoxy) is 1. The molecule has 102 valence electrons. The molecule has 0 aromatic rings. The Morgan fingerprint density at radius 3 is 2.39 bits per heavy atom. The van der Waals surface area contributed by atoms with Crippen molar-refractivity contribution in [3.63, 3.8) is 0 Å². The standard InChI is InChI=1S/C10H17N3O5/c1-9(2,6(11)14)12-8(17)13-10(7(15)16)3-4-18-5-10/h3-5H2,1-2H3,(H2,11,14)(H,15,16)(H2,12,13,17). The zero-order valence-electron chi connectivity index (χ0n) is 10.3. The molecule has 1 atom stereocenters. The normalized spacial score (nSPS) is 23.4. The lowest BCUT2D eigenvalue weighted by Gasteiger charge is -2.28. The zero-order valence-corrected chi connectivity index (χ0v) is 10.3. The largest absolute Gasteiger partial charge is 0.479 e. The molecule has 18 heavy (non-hydrogen) atoms. The van der Waals surface area contributed by atoms with Crippen molar-refractivity contribution >= 4 is 17.9 Å². The SMILES string of the molecule is CC(C)(NC(=O)NC1(C(=O)O)CCOC1)C(N)=O. The number of primary amides is 1. The average Bonchev–Trinajstić information content (AvgIpc) is 2.66. The van der Waals surface area contributed by atoms with Crippen LogP contribution in [0.4, 0.5) is 4.79 Å². The zero-order chi connectivity index (χ0) is 14.0. The molecule has 0 radical (unpaired) electrons. The van der Waals surface area contributed by atoms with Crippen molar-refractivity contribution in [1.82, 2.24) is 10.6 Å². The molecule has 0 aliphatic carbocycles. The first-order valence-corrected chi connectivity index (χ1v) is 5.41. The molecule has 0 spiro atoms. The van der Waals surface area contributed by atoms with Gasteiger partial charge in [0.15, 0.2) is 5.54 Å². The van der Waals surface area contributed by atoms with Crippen LogP contribution >= 0.6 is 0 Å². The molecule has 0 saturated carbocycles. The number of aliphatic carboxylic acids is 1. The summed E-state index contributed by atoms with van der Waals surface area (Å²) in [6.07, 6.45) is 0.173. The van der Waals surface area contributed by atoms with E-state index in [9.17, 15) is 14.4 Å². The summed E-state index contributed by atoms with van der Waals surface area (Å²) in [6.45, 7) is 3.00. The van der Waals surface area contributed by atoms with Crippen molar-refractivity contribution in [3.05, 3.63) is 0 Å². The van der Waals surface area contributed by atoms with Gasteiger partial charge in [-0.05, 0) is 13.8 Å². The molecule has 0 aromatic heterocycles. The van der Waals surface area contributed by atoms with Gasteiger partial charge in [-0.2, -0.15) is 0 Å². The predicted molar refractivity (Wildman–Crippen MR) is 60.7 cm³/mol. The van der Waals surface area contributed by atoms with E-state index in [1.807, 2.05) is 0 Å². The molecule has 3 amide bonds. The number of urea groups is 1. The maximum atomic E-state index is 11.7. The number of amides is 3. The van der Waals surface area contributed by atoms with Gasteiger partial charge in [-0.15, -0.1) is 0 Å². The highest BCUT2D eigenvalue weighted by atomic mass is 16.5. The summed E-state index contributed by atoms with van der Waals surface area (Å²) in [5.41, 5.74) is 2.39. The lowest BCUT2D eigenvalue weighted by atomic mass is 9.99. The van der Waals surface area contributed by atoms with Crippen molar-refractivity contribution in [2.45, 2.75) is 31.3 Å². The second-order valence-electron chi connectivity index (χ2n) is 4.76. The second-order valence-corrected chi connectivity index (χ2v) is 4.76. The van der Waals surface area contributed by atoms with Crippen LogP contribution in [0, 0.1) is 0 Å². The van der Waals surface area contributed by atoms with Gasteiger partial charge in [0.05, 0.1) is 6.61 Å². The van der Waals surface area contributed by atoms with E-state index in [1.54, 1.807) is 0 Å². The lowest BCUT2D eigenvalue weighted by molar-refractivity contribution is -0.144. The summed E-state index contributed by atoms with van der Waals surface area (Å²) in [5, 5.41) is 13.7. The van der Waals surface area contributed by atoms with Crippen LogP contribution in [-0.2, 0) is 14.3 Å². The molecule has 8 heteroatoms. The van der Waals surface area contributed by atoms with Gasteiger partial charge >= 0.3 is 12.0 Å². The van der Waals surface area contributed by atoms with Gasteiger partial charge in [0.1, 0.15) is 5.54 Å². The molecule has 5 N–H and O–H groups in total. The Hall–Kier alpha value is -1.83. The van der Waals surface area contributed by atoms with E-state index in [0.717, 1.165) is 0 Å². The first kappa shape index (κ1) is 14.2. The fraction of sp³-hybridized carbons (Fsp3) is 0.700. The first-order chi connectivity index (χ1) is 8.19. The van der Waals surface area contributed by atoms with Crippen LogP contribution in [0.1, 0.15) is 20.3 Å². The van der Waals surface area contributed by atoms with Crippen molar-refractivity contribution in [2.24, 2.45) is 5.73 Å². The number of rotatable bonds is 4. The smallest absolute Gasteiger partial charge is 0.332 e. The number of hydrogen-bond donors (Lipinski definition) is 4. The third kappa shape index (κ3) is 2.89. The maximum Gasteiger partial charge on any atom is 0.332 e. The number of nitrogens with two attached hydrogens (primary N) is 1. The number of carbonyl (C=O) groups excluding carboxylic acids is 2. The summed E-state index contributed by atoms with van der Waals surface area (Å²) < 4.78 is 4.99. The van der Waals surface area contributed by atoms with E-state index < -0.39 is 29.0 Å². The van der Waals surface area contributed by atoms with E-state index in [0.29, 0.717) is 0 Å². The van der Waals surface area contributed by atoms with Gasteiger partial charge in [-0.25, -0.2) is 9.59 Å². The highest BCUT2D eigenvalue weighted by molar-refractivity contribution is 5.91. The van der Waals surface area contributed by atoms with Crippen molar-refractivity contribution < 1.29 is 24.2 Å². The Labute approximate surface area is 104 Å². The Bertz CT molecular complexity index is 374. The molecule has 1 fully saturated rings. The fourth-order valence-corrected chi connectivity index (χ4v) is 1.48. The topological polar surface area (TPSA) is 131 Å². The molecule has 0 bridgehead atoms. The summed E-state index contributed by atoms with van der Waals surface area (Å²) >= 11 is 0. The van der Waals surface area contributed by atoms with Gasteiger partial charge < -0.3 is 26.2 Å². The summed E-state index contributed by atoms with van der Waals surface area (Å²) in [5.74, 6) is -1.89. The molecular weight excluding hydrogens is 242 g/mol. The highest BCUT2D eigenvalue weighted by Gasteiger charge is 2.44. The Kier molecular flexibility index (Phi) is 3.80. The van der Waals surface area contributed by atoms with Crippen molar-refractivity contribution in [1.29, 1.82) is 0 Å². The summed E-state index contributed by atoms with van der Waals surface area (Å²) in [4.78, 5) is 33.9. The maximum absolute atomic E-state index is 11.7. The monoisotopic (exact) mass is 259 g/mol. The Morgan fingerprint density at radius 1 is 1.39 bits per heavy atom. The molecule has 1 heterocycles. The van der Waals surface area contributed by atoms with E-state index in [4.69, 9.17) is 15.6 Å². The van der Waals surface area contributed by atoms with E-state index >= 15 is 0 Å². The van der Waals surface area contributed by atoms with Crippen LogP contribution in [-0.4, -0.2) is 47.3 Å². The molecule has 1 aliphatic rings. The van der Waals surface area contributed by atoms with Crippen LogP contribution in [0.5, 0.6) is 0 Å². The van der Waals surface area contributed by atoms with Gasteiger partial charge in [0.2, 0.25) is 5.91 Å². The molecule has 1 saturated heterocycles. The van der Waals surface area contributed by atoms with Gasteiger partial charge in [-0.3, -0.25) is 4.79 Å². The Balaban J connectivity index is 2.69. The van der Waals surface area contributed by atoms with Gasteiger partial charge in [-0.1, -0.05) is 0 Å². The van der Waals surface area contributed by atoms with Gasteiger partial charge in [0.25, 0.3) is 0 Å². The average molecular weight is 259 g/mol. The van der Waals surface area contributed by atoms with E-state index in [2.05, 4.69) is 10.6 Å². The van der Waals surface area contributed by atoms with Crippen molar-refractivity contribution in [2.75, 3.05) is 13.2 Å². The minimum Gasteiger partial charge on any atom is -0.479 e. The minimum atomic E-state index is -1.45. The van der Waals surface area contributed by atoms with Crippen LogP contribution in [0.15, 0.2) is 0 Å². The number of nitrogens with one attached hydrogen (secondary N) is 2. The quantitative estimate of drug-likeness (QED) is 0.503. The van der Waals surface area contributed by atoms with Gasteiger partial charge in [0, 0.05) is 13.0 Å². The summed E-state index contributed by atoms with van der Waals surface area (Å²) in [7, 11) is 0. The molecule has 0 aromatic carbocycles. The van der Waals surface area contributed by atoms with Crippen molar-refractivity contribution in [3.8, 4) is 0 Å². The first-order valence-electron chi connectivity index (χ1n) is 5.41. The minimum absolute atomic E-state index is 0.104. The number of carboxylic acid groups (broad SMARTS) is 1. The van der Waals surface area contributed by atoms with Crippen LogP contribution in [0.2, 0.25) is 0 Å². The number of hydrogen-bond acceptors (Lipinski definition) is 4. The molecule has 8 nitrogen and oxygen atoms in total. The van der Waals surface area contributed by atoms with E-state index in [1.165, 1.54) is 13.8 Å². The Morgan fingerprint density at radius 2 is 2.00 bits per heavy atom. The third-order valence-corrected chi connectivity index (χ3v) is 2.83. The highest BCUT2D eigenvalue weighted by Crippen LogP contribution is 2.19. The number of carboxylic acids is 1. The molecule has 1 rings (SSSR count). The fourth-order valence-electron chi connectivity index (χ4n) is 1.48.